The van der Waals surface area contributed by atoms with Gasteiger partial charge in [0.25, 0.3) is 0 Å². The highest BCUT2D eigenvalue weighted by atomic mass is 16.5. The van der Waals surface area contributed by atoms with Crippen LogP contribution in [0, 0.1) is 0 Å². The molecule has 2 N–H and O–H groups in total. The number of nitrogens with zero attached hydrogens (tertiary/aromatic N) is 2. The van der Waals surface area contributed by atoms with E-state index in [1.54, 1.807) is 17.1 Å². The standard InChI is InChI=1S/C8H13N3O2/c1-6(3-8(12)13-2)11-4-7(9)10-5-11/h4-6H,3,9H2,1-2H3. The Hall–Kier alpha value is -1.52. The van der Waals surface area contributed by atoms with Crippen LogP contribution in [0.15, 0.2) is 12.5 Å². The van der Waals surface area contributed by atoms with E-state index in [0.29, 0.717) is 12.2 Å². The zero-order chi connectivity index (χ0) is 9.84. The van der Waals surface area contributed by atoms with Gasteiger partial charge in [-0.3, -0.25) is 4.79 Å². The van der Waals surface area contributed by atoms with Crippen molar-refractivity contribution < 1.29 is 9.53 Å². The average molecular weight is 183 g/mol. The van der Waals surface area contributed by atoms with Crippen LogP contribution in [-0.2, 0) is 9.53 Å². The van der Waals surface area contributed by atoms with Gasteiger partial charge in [0, 0.05) is 12.2 Å². The number of carbonyl (C=O) groups excluding carboxylic acids is 1. The molecule has 0 aromatic carbocycles. The minimum Gasteiger partial charge on any atom is -0.469 e. The first-order valence-electron chi connectivity index (χ1n) is 3.99. The smallest absolute Gasteiger partial charge is 0.307 e. The van der Waals surface area contributed by atoms with Crippen LogP contribution in [0.5, 0.6) is 0 Å². The first-order chi connectivity index (χ1) is 6.13. The molecule has 1 heterocycles. The van der Waals surface area contributed by atoms with Crippen molar-refractivity contribution >= 4 is 11.8 Å². The summed E-state index contributed by atoms with van der Waals surface area (Å²) >= 11 is 0. The highest BCUT2D eigenvalue weighted by Crippen LogP contribution is 2.12. The van der Waals surface area contributed by atoms with Gasteiger partial charge in [-0.1, -0.05) is 0 Å². The third kappa shape index (κ3) is 2.47. The molecule has 1 unspecified atom stereocenters. The van der Waals surface area contributed by atoms with E-state index in [-0.39, 0.29) is 12.0 Å². The molecular weight excluding hydrogens is 170 g/mol. The van der Waals surface area contributed by atoms with E-state index < -0.39 is 0 Å². The second kappa shape index (κ2) is 3.93. The molecule has 0 amide bonds. The number of esters is 1. The average Bonchev–Trinajstić information content (AvgIpc) is 2.51. The van der Waals surface area contributed by atoms with Crippen LogP contribution in [0.1, 0.15) is 19.4 Å². The lowest BCUT2D eigenvalue weighted by molar-refractivity contribution is -0.141. The summed E-state index contributed by atoms with van der Waals surface area (Å²) in [7, 11) is 1.37. The number of nitrogen functional groups attached to an aromatic ring is 1. The van der Waals surface area contributed by atoms with Crippen molar-refractivity contribution in [1.29, 1.82) is 0 Å². The number of rotatable bonds is 3. The van der Waals surface area contributed by atoms with Gasteiger partial charge < -0.3 is 15.0 Å². The highest BCUT2D eigenvalue weighted by Gasteiger charge is 2.10. The summed E-state index contributed by atoms with van der Waals surface area (Å²) in [6.45, 7) is 1.90. The maximum absolute atomic E-state index is 10.9. The summed E-state index contributed by atoms with van der Waals surface area (Å²) in [5, 5.41) is 0. The predicted molar refractivity (Wildman–Crippen MR) is 48.0 cm³/mol. The lowest BCUT2D eigenvalue weighted by atomic mass is 10.2. The molecule has 0 bridgehead atoms. The molecule has 5 heteroatoms. The minimum absolute atomic E-state index is 0.0252. The quantitative estimate of drug-likeness (QED) is 0.696. The lowest BCUT2D eigenvalue weighted by Crippen LogP contribution is -2.10. The van der Waals surface area contributed by atoms with Crippen LogP contribution in [0.4, 0.5) is 5.82 Å². The molecule has 0 fully saturated rings. The van der Waals surface area contributed by atoms with Crippen molar-refractivity contribution in [3.8, 4) is 0 Å². The molecule has 5 nitrogen and oxygen atoms in total. The van der Waals surface area contributed by atoms with E-state index in [1.807, 2.05) is 6.92 Å². The van der Waals surface area contributed by atoms with Crippen molar-refractivity contribution in [1.82, 2.24) is 9.55 Å². The maximum atomic E-state index is 10.9. The fourth-order valence-corrected chi connectivity index (χ4v) is 1.02. The van der Waals surface area contributed by atoms with Crippen LogP contribution >= 0.6 is 0 Å². The van der Waals surface area contributed by atoms with E-state index in [2.05, 4.69) is 9.72 Å². The molecule has 0 saturated heterocycles. The van der Waals surface area contributed by atoms with Crippen LogP contribution in [0.2, 0.25) is 0 Å². The summed E-state index contributed by atoms with van der Waals surface area (Å²) in [6.07, 6.45) is 3.61. The van der Waals surface area contributed by atoms with Crippen LogP contribution in [0.25, 0.3) is 0 Å². The first-order valence-corrected chi connectivity index (χ1v) is 3.99. The van der Waals surface area contributed by atoms with Crippen molar-refractivity contribution in [2.45, 2.75) is 19.4 Å². The van der Waals surface area contributed by atoms with Gasteiger partial charge in [0.2, 0.25) is 0 Å². The Labute approximate surface area is 76.5 Å². The molecule has 1 rings (SSSR count). The van der Waals surface area contributed by atoms with E-state index in [4.69, 9.17) is 5.73 Å². The number of hydrogen-bond acceptors (Lipinski definition) is 4. The van der Waals surface area contributed by atoms with Crippen molar-refractivity contribution in [3.05, 3.63) is 12.5 Å². The summed E-state index contributed by atoms with van der Waals surface area (Å²) in [6, 6.07) is 0.0252. The van der Waals surface area contributed by atoms with Gasteiger partial charge in [-0.2, -0.15) is 0 Å². The molecule has 0 aliphatic rings. The predicted octanol–water partition coefficient (Wildman–Crippen LogP) is 0.589. The third-order valence-corrected chi connectivity index (χ3v) is 1.82. The maximum Gasteiger partial charge on any atom is 0.307 e. The molecule has 13 heavy (non-hydrogen) atoms. The Kier molecular flexibility index (Phi) is 2.89. The normalized spacial score (nSPS) is 12.5. The van der Waals surface area contributed by atoms with Crippen molar-refractivity contribution in [2.24, 2.45) is 0 Å². The number of carbonyl (C=O) groups is 1. The molecule has 1 aromatic heterocycles. The Morgan fingerprint density at radius 3 is 3.00 bits per heavy atom. The van der Waals surface area contributed by atoms with Crippen LogP contribution < -0.4 is 5.73 Å². The van der Waals surface area contributed by atoms with E-state index in [1.165, 1.54) is 7.11 Å². The second-order valence-electron chi connectivity index (χ2n) is 2.88. The fourth-order valence-electron chi connectivity index (χ4n) is 1.02. The monoisotopic (exact) mass is 183 g/mol. The molecular formula is C8H13N3O2. The fraction of sp³-hybridized carbons (Fsp3) is 0.500. The molecule has 1 aromatic rings. The summed E-state index contributed by atoms with van der Waals surface area (Å²) in [5.74, 6) is 0.219. The van der Waals surface area contributed by atoms with Gasteiger partial charge in [0.1, 0.15) is 5.82 Å². The van der Waals surface area contributed by atoms with Crippen molar-refractivity contribution in [2.75, 3.05) is 12.8 Å². The molecule has 0 aliphatic heterocycles. The number of hydrogen-bond donors (Lipinski definition) is 1. The molecule has 0 radical (unpaired) electrons. The Balaban J connectivity index is 2.58. The number of methoxy groups -OCH3 is 1. The summed E-state index contributed by atoms with van der Waals surface area (Å²) in [4.78, 5) is 14.8. The van der Waals surface area contributed by atoms with Gasteiger partial charge in [0.05, 0.1) is 19.9 Å². The summed E-state index contributed by atoms with van der Waals surface area (Å²) < 4.78 is 6.33. The van der Waals surface area contributed by atoms with Gasteiger partial charge in [-0.25, -0.2) is 4.98 Å². The summed E-state index contributed by atoms with van der Waals surface area (Å²) in [5.41, 5.74) is 5.43. The van der Waals surface area contributed by atoms with E-state index >= 15 is 0 Å². The number of nitrogens with two attached hydrogens (primary N) is 1. The lowest BCUT2D eigenvalue weighted by Gasteiger charge is -2.10. The Morgan fingerprint density at radius 2 is 2.54 bits per heavy atom. The molecule has 0 spiro atoms. The van der Waals surface area contributed by atoms with E-state index in [0.717, 1.165) is 0 Å². The van der Waals surface area contributed by atoms with Crippen LogP contribution in [0.3, 0.4) is 0 Å². The van der Waals surface area contributed by atoms with Gasteiger partial charge in [-0.05, 0) is 6.92 Å². The number of anilines is 1. The zero-order valence-electron chi connectivity index (χ0n) is 7.73. The van der Waals surface area contributed by atoms with Crippen LogP contribution in [-0.4, -0.2) is 22.6 Å². The van der Waals surface area contributed by atoms with Gasteiger partial charge in [0.15, 0.2) is 0 Å². The third-order valence-electron chi connectivity index (χ3n) is 1.82. The van der Waals surface area contributed by atoms with E-state index in [9.17, 15) is 4.79 Å². The van der Waals surface area contributed by atoms with Gasteiger partial charge >= 0.3 is 5.97 Å². The SMILES string of the molecule is COC(=O)CC(C)n1cnc(N)c1. The van der Waals surface area contributed by atoms with Crippen molar-refractivity contribution in [3.63, 3.8) is 0 Å². The highest BCUT2D eigenvalue weighted by molar-refractivity contribution is 5.69. The molecule has 1 atom stereocenters. The van der Waals surface area contributed by atoms with Gasteiger partial charge in [-0.15, -0.1) is 0 Å². The number of imidazole rings is 1. The topological polar surface area (TPSA) is 70.1 Å². The number of aromatic nitrogens is 2. The zero-order valence-corrected chi connectivity index (χ0v) is 7.73. The minimum atomic E-state index is -0.236. The number of ether oxygens (including phenoxy) is 1. The Bertz CT molecular complexity index is 295. The second-order valence-corrected chi connectivity index (χ2v) is 2.88. The first kappa shape index (κ1) is 9.57. The largest absolute Gasteiger partial charge is 0.469 e. The molecule has 0 aliphatic carbocycles. The molecule has 0 saturated carbocycles. The molecule has 72 valence electrons. The Morgan fingerprint density at radius 1 is 1.85 bits per heavy atom.